The Labute approximate surface area is 147 Å². The number of nitrogens with one attached hydrogen (secondary N) is 2. The standard InChI is InChI=1S/C19H23N5O/c25-18(22-16-7-8-16)17(15-5-2-1-3-6-15)23-11-13-24(14-12-23)19-20-9-4-10-21-19/h1-6,9-10,16-17H,7-8,11-14H2,(H,22,25)/p+1/t17-/m0/s1. The Morgan fingerprint density at radius 1 is 1.08 bits per heavy atom. The van der Waals surface area contributed by atoms with Crippen LogP contribution in [0.15, 0.2) is 48.8 Å². The number of hydrogen-bond donors (Lipinski definition) is 2. The predicted octanol–water partition coefficient (Wildman–Crippen LogP) is 0.201. The van der Waals surface area contributed by atoms with Gasteiger partial charge in [0.25, 0.3) is 5.91 Å². The molecule has 2 N–H and O–H groups in total. The molecule has 1 aromatic carbocycles. The molecule has 1 saturated carbocycles. The Kier molecular flexibility index (Phi) is 4.61. The van der Waals surface area contributed by atoms with Crippen molar-refractivity contribution in [3.8, 4) is 0 Å². The number of aromatic nitrogens is 2. The minimum Gasteiger partial charge on any atom is -0.348 e. The van der Waals surface area contributed by atoms with E-state index in [1.54, 1.807) is 12.4 Å². The third-order valence-corrected chi connectivity index (χ3v) is 4.97. The monoisotopic (exact) mass is 338 g/mol. The Bertz CT molecular complexity index is 696. The van der Waals surface area contributed by atoms with E-state index >= 15 is 0 Å². The van der Waals surface area contributed by atoms with E-state index in [0.29, 0.717) is 6.04 Å². The summed E-state index contributed by atoms with van der Waals surface area (Å²) in [4.78, 5) is 25.1. The number of hydrogen-bond acceptors (Lipinski definition) is 4. The maximum atomic E-state index is 12.9. The summed E-state index contributed by atoms with van der Waals surface area (Å²) in [5.74, 6) is 0.938. The first kappa shape index (κ1) is 16.0. The second kappa shape index (κ2) is 7.19. The molecule has 0 spiro atoms. The Morgan fingerprint density at radius 2 is 1.76 bits per heavy atom. The van der Waals surface area contributed by atoms with Crippen LogP contribution in [-0.2, 0) is 4.79 Å². The number of benzene rings is 1. The van der Waals surface area contributed by atoms with E-state index in [9.17, 15) is 4.79 Å². The molecule has 130 valence electrons. The fourth-order valence-corrected chi connectivity index (χ4v) is 3.47. The predicted molar refractivity (Wildman–Crippen MR) is 95.3 cm³/mol. The summed E-state index contributed by atoms with van der Waals surface area (Å²) in [6.45, 7) is 3.52. The highest BCUT2D eigenvalue weighted by atomic mass is 16.2. The molecule has 0 radical (unpaired) electrons. The Hall–Kier alpha value is -2.47. The SMILES string of the molecule is O=C(NC1CC1)[C@H](c1ccccc1)[NH+]1CCN(c2ncccn2)CC1. The largest absolute Gasteiger partial charge is 0.348 e. The number of quaternary nitrogens is 1. The second-order valence-electron chi connectivity index (χ2n) is 6.82. The molecule has 2 heterocycles. The van der Waals surface area contributed by atoms with Crippen molar-refractivity contribution in [2.24, 2.45) is 0 Å². The number of piperazine rings is 1. The summed E-state index contributed by atoms with van der Waals surface area (Å²) in [6.07, 6.45) is 5.78. The van der Waals surface area contributed by atoms with Gasteiger partial charge in [0.05, 0.1) is 26.2 Å². The van der Waals surface area contributed by atoms with Gasteiger partial charge >= 0.3 is 0 Å². The van der Waals surface area contributed by atoms with Crippen molar-refractivity contribution in [1.29, 1.82) is 0 Å². The average molecular weight is 338 g/mol. The average Bonchev–Trinajstić information content (AvgIpc) is 3.48. The summed E-state index contributed by atoms with van der Waals surface area (Å²) in [7, 11) is 0. The van der Waals surface area contributed by atoms with Gasteiger partial charge in [0, 0.05) is 24.0 Å². The van der Waals surface area contributed by atoms with Gasteiger partial charge in [0.15, 0.2) is 6.04 Å². The van der Waals surface area contributed by atoms with Gasteiger partial charge in [-0.05, 0) is 18.9 Å². The topological polar surface area (TPSA) is 62.6 Å². The molecule has 1 amide bonds. The fourth-order valence-electron chi connectivity index (χ4n) is 3.47. The summed E-state index contributed by atoms with van der Waals surface area (Å²) in [5, 5.41) is 3.19. The molecule has 2 aromatic rings. The molecular formula is C19H24N5O+. The molecule has 0 bridgehead atoms. The van der Waals surface area contributed by atoms with E-state index in [-0.39, 0.29) is 11.9 Å². The fraction of sp³-hybridized carbons (Fsp3) is 0.421. The normalized spacial score (nSPS) is 19.4. The summed E-state index contributed by atoms with van der Waals surface area (Å²) >= 11 is 0. The van der Waals surface area contributed by atoms with Crippen molar-refractivity contribution < 1.29 is 9.69 Å². The van der Waals surface area contributed by atoms with Crippen LogP contribution in [0.4, 0.5) is 5.95 Å². The van der Waals surface area contributed by atoms with Crippen molar-refractivity contribution in [2.45, 2.75) is 24.9 Å². The van der Waals surface area contributed by atoms with Gasteiger partial charge in [-0.1, -0.05) is 30.3 Å². The van der Waals surface area contributed by atoms with Crippen LogP contribution in [0.1, 0.15) is 24.4 Å². The summed E-state index contributed by atoms with van der Waals surface area (Å²) < 4.78 is 0. The smallest absolute Gasteiger partial charge is 0.283 e. The minimum atomic E-state index is -0.138. The number of nitrogens with zero attached hydrogens (tertiary/aromatic N) is 3. The van der Waals surface area contributed by atoms with Crippen LogP contribution in [0.2, 0.25) is 0 Å². The molecule has 2 aliphatic rings. The van der Waals surface area contributed by atoms with Gasteiger partial charge in [0.1, 0.15) is 0 Å². The van der Waals surface area contributed by atoms with Gasteiger partial charge in [0.2, 0.25) is 5.95 Å². The first-order valence-electron chi connectivity index (χ1n) is 9.03. The molecule has 1 saturated heterocycles. The van der Waals surface area contributed by atoms with E-state index in [0.717, 1.165) is 50.5 Å². The van der Waals surface area contributed by atoms with E-state index < -0.39 is 0 Å². The highest BCUT2D eigenvalue weighted by Crippen LogP contribution is 2.20. The van der Waals surface area contributed by atoms with Crippen LogP contribution in [-0.4, -0.2) is 48.1 Å². The molecule has 0 unspecified atom stereocenters. The number of rotatable bonds is 5. The lowest BCUT2D eigenvalue weighted by molar-refractivity contribution is -0.922. The number of anilines is 1. The first-order chi connectivity index (χ1) is 12.3. The molecule has 1 atom stereocenters. The number of amides is 1. The van der Waals surface area contributed by atoms with Gasteiger partial charge in [-0.3, -0.25) is 4.79 Å². The lowest BCUT2D eigenvalue weighted by Gasteiger charge is -2.36. The van der Waals surface area contributed by atoms with Gasteiger partial charge < -0.3 is 15.1 Å². The van der Waals surface area contributed by atoms with Crippen LogP contribution in [0, 0.1) is 0 Å². The molecule has 4 rings (SSSR count). The van der Waals surface area contributed by atoms with Crippen molar-refractivity contribution in [2.75, 3.05) is 31.1 Å². The molecular weight excluding hydrogens is 314 g/mol. The van der Waals surface area contributed by atoms with E-state index in [1.165, 1.54) is 4.90 Å². The molecule has 1 aliphatic carbocycles. The van der Waals surface area contributed by atoms with E-state index in [1.807, 2.05) is 24.3 Å². The van der Waals surface area contributed by atoms with Crippen LogP contribution in [0.5, 0.6) is 0 Å². The molecule has 6 nitrogen and oxygen atoms in total. The van der Waals surface area contributed by atoms with Crippen LogP contribution in [0.3, 0.4) is 0 Å². The maximum absolute atomic E-state index is 12.9. The lowest BCUT2D eigenvalue weighted by Crippen LogP contribution is -3.16. The van der Waals surface area contributed by atoms with Gasteiger partial charge in [-0.15, -0.1) is 0 Å². The quantitative estimate of drug-likeness (QED) is 0.818. The lowest BCUT2D eigenvalue weighted by atomic mass is 10.0. The number of carbonyl (C=O) groups is 1. The maximum Gasteiger partial charge on any atom is 0.283 e. The summed E-state index contributed by atoms with van der Waals surface area (Å²) in [6, 6.07) is 12.2. The Morgan fingerprint density at radius 3 is 2.40 bits per heavy atom. The molecule has 1 aliphatic heterocycles. The third-order valence-electron chi connectivity index (χ3n) is 4.97. The molecule has 6 heteroatoms. The van der Waals surface area contributed by atoms with E-state index in [2.05, 4.69) is 32.3 Å². The van der Waals surface area contributed by atoms with Crippen LogP contribution in [0.25, 0.3) is 0 Å². The second-order valence-corrected chi connectivity index (χ2v) is 6.82. The number of carbonyl (C=O) groups excluding carboxylic acids is 1. The van der Waals surface area contributed by atoms with Gasteiger partial charge in [-0.25, -0.2) is 9.97 Å². The van der Waals surface area contributed by atoms with Crippen molar-refractivity contribution in [3.05, 3.63) is 54.4 Å². The molecule has 1 aromatic heterocycles. The molecule has 25 heavy (non-hydrogen) atoms. The van der Waals surface area contributed by atoms with E-state index in [4.69, 9.17) is 0 Å². The zero-order valence-corrected chi connectivity index (χ0v) is 14.3. The van der Waals surface area contributed by atoms with Crippen molar-refractivity contribution in [1.82, 2.24) is 15.3 Å². The van der Waals surface area contributed by atoms with Crippen molar-refractivity contribution in [3.63, 3.8) is 0 Å². The Balaban J connectivity index is 1.47. The van der Waals surface area contributed by atoms with Crippen LogP contribution >= 0.6 is 0 Å². The molecule has 2 fully saturated rings. The van der Waals surface area contributed by atoms with Crippen molar-refractivity contribution >= 4 is 11.9 Å². The zero-order chi connectivity index (χ0) is 17.1. The highest BCUT2D eigenvalue weighted by molar-refractivity contribution is 5.82. The van der Waals surface area contributed by atoms with Crippen LogP contribution < -0.4 is 15.1 Å². The zero-order valence-electron chi connectivity index (χ0n) is 14.3. The minimum absolute atomic E-state index is 0.138. The first-order valence-corrected chi connectivity index (χ1v) is 9.03. The third kappa shape index (κ3) is 3.79. The summed E-state index contributed by atoms with van der Waals surface area (Å²) in [5.41, 5.74) is 1.10. The van der Waals surface area contributed by atoms with Gasteiger partial charge in [-0.2, -0.15) is 0 Å². The highest BCUT2D eigenvalue weighted by Gasteiger charge is 2.37.